The van der Waals surface area contributed by atoms with Gasteiger partial charge in [0.2, 0.25) is 0 Å². The lowest BCUT2D eigenvalue weighted by molar-refractivity contribution is 0.0369. The van der Waals surface area contributed by atoms with Crippen LogP contribution < -0.4 is 5.32 Å². The van der Waals surface area contributed by atoms with Crippen molar-refractivity contribution in [3.63, 3.8) is 0 Å². The van der Waals surface area contributed by atoms with Crippen LogP contribution in [-0.4, -0.2) is 53.8 Å². The fraction of sp³-hybridized carbons (Fsp3) is 0.769. The molecule has 0 saturated carbocycles. The Kier molecular flexibility index (Phi) is 3.93. The molecule has 0 unspecified atom stereocenters. The molecule has 5 nitrogen and oxygen atoms in total. The van der Waals surface area contributed by atoms with Crippen molar-refractivity contribution in [3.8, 4) is 0 Å². The number of aromatic nitrogens is 2. The minimum absolute atomic E-state index is 0.895. The summed E-state index contributed by atoms with van der Waals surface area (Å²) in [4.78, 5) is 6.98. The summed E-state index contributed by atoms with van der Waals surface area (Å²) in [6.45, 7) is 8.26. The number of aryl methyl sites for hydroxylation is 1. The van der Waals surface area contributed by atoms with E-state index in [0.717, 1.165) is 52.4 Å². The predicted octanol–water partition coefficient (Wildman–Crippen LogP) is 0.251. The van der Waals surface area contributed by atoms with Gasteiger partial charge in [0.15, 0.2) is 0 Å². The van der Waals surface area contributed by atoms with E-state index in [1.165, 1.54) is 24.4 Å². The van der Waals surface area contributed by atoms with E-state index in [2.05, 4.69) is 19.8 Å². The summed E-state index contributed by atoms with van der Waals surface area (Å²) in [5.74, 6) is 0. The molecule has 0 aromatic carbocycles. The largest absolute Gasteiger partial charge is 0.379 e. The topological polar surface area (TPSA) is 42.3 Å². The number of fused-ring (bicyclic) bond motifs is 1. The van der Waals surface area contributed by atoms with Gasteiger partial charge in [-0.05, 0) is 6.42 Å². The van der Waals surface area contributed by atoms with Crippen LogP contribution in [0, 0.1) is 0 Å². The van der Waals surface area contributed by atoms with Crippen LogP contribution in [0.25, 0.3) is 0 Å². The van der Waals surface area contributed by atoms with Crippen LogP contribution in [0.15, 0.2) is 6.33 Å². The number of imidazole rings is 1. The van der Waals surface area contributed by atoms with Crippen molar-refractivity contribution in [3.05, 3.63) is 17.7 Å². The van der Waals surface area contributed by atoms with Crippen molar-refractivity contribution in [1.82, 2.24) is 19.8 Å². The summed E-state index contributed by atoms with van der Waals surface area (Å²) in [6.07, 6.45) is 4.33. The first-order chi connectivity index (χ1) is 8.93. The number of ether oxygens (including phenoxy) is 1. The van der Waals surface area contributed by atoms with E-state index < -0.39 is 0 Å². The number of nitrogens with zero attached hydrogens (tertiary/aromatic N) is 3. The van der Waals surface area contributed by atoms with Gasteiger partial charge in [0.05, 0.1) is 25.2 Å². The van der Waals surface area contributed by atoms with Gasteiger partial charge in [-0.15, -0.1) is 0 Å². The van der Waals surface area contributed by atoms with Crippen LogP contribution in [0.5, 0.6) is 0 Å². The van der Waals surface area contributed by atoms with Crippen LogP contribution in [0.4, 0.5) is 0 Å². The standard InChI is InChI=1S/C13H22N4O/c1(4-16-6-8-18-9-7-16)5-17-11-15-12-10-14-3-2-13(12)17/h11,14H,1-10H2. The van der Waals surface area contributed by atoms with E-state index in [4.69, 9.17) is 4.74 Å². The Morgan fingerprint density at radius 2 is 2.17 bits per heavy atom. The third-order valence-corrected chi connectivity index (χ3v) is 3.84. The molecule has 2 aliphatic heterocycles. The lowest BCUT2D eigenvalue weighted by Crippen LogP contribution is -2.37. The van der Waals surface area contributed by atoms with E-state index in [9.17, 15) is 0 Å². The van der Waals surface area contributed by atoms with Crippen molar-refractivity contribution in [1.29, 1.82) is 0 Å². The molecule has 3 heterocycles. The summed E-state index contributed by atoms with van der Waals surface area (Å²) >= 11 is 0. The summed E-state index contributed by atoms with van der Waals surface area (Å²) in [5.41, 5.74) is 2.68. The highest BCUT2D eigenvalue weighted by atomic mass is 16.5. The second kappa shape index (κ2) is 5.82. The van der Waals surface area contributed by atoms with E-state index in [1.807, 2.05) is 6.33 Å². The van der Waals surface area contributed by atoms with Crippen LogP contribution in [0.3, 0.4) is 0 Å². The smallest absolute Gasteiger partial charge is 0.0952 e. The zero-order valence-electron chi connectivity index (χ0n) is 10.9. The summed E-state index contributed by atoms with van der Waals surface area (Å²) in [6, 6.07) is 0. The molecule has 1 aromatic heterocycles. The molecular formula is C13H22N4O. The Bertz CT molecular complexity index is 384. The Labute approximate surface area is 108 Å². The maximum absolute atomic E-state index is 5.36. The maximum atomic E-state index is 5.36. The van der Waals surface area contributed by atoms with Crippen LogP contribution in [-0.2, 0) is 24.2 Å². The zero-order valence-corrected chi connectivity index (χ0v) is 10.9. The number of hydrogen-bond donors (Lipinski definition) is 1. The zero-order chi connectivity index (χ0) is 12.2. The first kappa shape index (κ1) is 12.1. The summed E-state index contributed by atoms with van der Waals surface area (Å²) in [5, 5.41) is 3.36. The fourth-order valence-corrected chi connectivity index (χ4v) is 2.78. The van der Waals surface area contributed by atoms with E-state index in [-0.39, 0.29) is 0 Å². The van der Waals surface area contributed by atoms with Crippen LogP contribution >= 0.6 is 0 Å². The Hall–Kier alpha value is -0.910. The number of nitrogens with one attached hydrogen (secondary N) is 1. The quantitative estimate of drug-likeness (QED) is 0.832. The third kappa shape index (κ3) is 2.74. The van der Waals surface area contributed by atoms with Crippen molar-refractivity contribution >= 4 is 0 Å². The fourth-order valence-electron chi connectivity index (χ4n) is 2.78. The Morgan fingerprint density at radius 1 is 1.28 bits per heavy atom. The van der Waals surface area contributed by atoms with Gasteiger partial charge in [0.25, 0.3) is 0 Å². The van der Waals surface area contributed by atoms with Crippen LogP contribution in [0.2, 0.25) is 0 Å². The molecule has 0 aliphatic carbocycles. The Morgan fingerprint density at radius 3 is 3.06 bits per heavy atom. The predicted molar refractivity (Wildman–Crippen MR) is 69.5 cm³/mol. The molecule has 1 aromatic rings. The third-order valence-electron chi connectivity index (χ3n) is 3.84. The summed E-state index contributed by atoms with van der Waals surface area (Å²) < 4.78 is 7.71. The SMILES string of the molecule is c1nc2c(n1CCCN1CCOCC1)CCNC2. The highest BCUT2D eigenvalue weighted by Gasteiger charge is 2.15. The van der Waals surface area contributed by atoms with Crippen molar-refractivity contribution < 1.29 is 4.74 Å². The lowest BCUT2D eigenvalue weighted by atomic mass is 10.2. The van der Waals surface area contributed by atoms with Gasteiger partial charge in [0.1, 0.15) is 0 Å². The second-order valence-corrected chi connectivity index (χ2v) is 5.07. The highest BCUT2D eigenvalue weighted by Crippen LogP contribution is 2.12. The average Bonchev–Trinajstić information content (AvgIpc) is 2.84. The molecular weight excluding hydrogens is 228 g/mol. The molecule has 100 valence electrons. The first-order valence-corrected chi connectivity index (χ1v) is 6.97. The van der Waals surface area contributed by atoms with Gasteiger partial charge in [-0.1, -0.05) is 0 Å². The van der Waals surface area contributed by atoms with Gasteiger partial charge in [-0.25, -0.2) is 4.98 Å². The molecule has 1 N–H and O–H groups in total. The molecule has 0 amide bonds. The van der Waals surface area contributed by atoms with Crippen molar-refractivity contribution in [2.75, 3.05) is 39.4 Å². The maximum Gasteiger partial charge on any atom is 0.0952 e. The van der Waals surface area contributed by atoms with Crippen molar-refractivity contribution in [2.24, 2.45) is 0 Å². The summed E-state index contributed by atoms with van der Waals surface area (Å²) in [7, 11) is 0. The van der Waals surface area contributed by atoms with Gasteiger partial charge in [-0.2, -0.15) is 0 Å². The highest BCUT2D eigenvalue weighted by molar-refractivity contribution is 5.16. The lowest BCUT2D eigenvalue weighted by Gasteiger charge is -2.26. The van der Waals surface area contributed by atoms with E-state index in [0.29, 0.717) is 0 Å². The number of rotatable bonds is 4. The molecule has 0 atom stereocenters. The minimum Gasteiger partial charge on any atom is -0.379 e. The minimum atomic E-state index is 0.895. The Balaban J connectivity index is 1.49. The van der Waals surface area contributed by atoms with Crippen molar-refractivity contribution in [2.45, 2.75) is 25.9 Å². The molecule has 3 rings (SSSR count). The van der Waals surface area contributed by atoms with Gasteiger partial charge >= 0.3 is 0 Å². The molecule has 5 heteroatoms. The van der Waals surface area contributed by atoms with Gasteiger partial charge in [0, 0.05) is 51.4 Å². The van der Waals surface area contributed by atoms with Gasteiger partial charge < -0.3 is 14.6 Å². The molecule has 0 radical (unpaired) electrons. The van der Waals surface area contributed by atoms with E-state index in [1.54, 1.807) is 0 Å². The molecule has 1 fully saturated rings. The second-order valence-electron chi connectivity index (χ2n) is 5.07. The monoisotopic (exact) mass is 250 g/mol. The molecule has 1 saturated heterocycles. The normalized spacial score (nSPS) is 20.9. The molecule has 18 heavy (non-hydrogen) atoms. The molecule has 0 bridgehead atoms. The molecule has 0 spiro atoms. The number of morpholine rings is 1. The average molecular weight is 250 g/mol. The first-order valence-electron chi connectivity index (χ1n) is 6.97. The molecule has 2 aliphatic rings. The van der Waals surface area contributed by atoms with Gasteiger partial charge in [-0.3, -0.25) is 4.90 Å². The van der Waals surface area contributed by atoms with Crippen LogP contribution in [0.1, 0.15) is 17.8 Å². The van der Waals surface area contributed by atoms with E-state index >= 15 is 0 Å². The number of hydrogen-bond acceptors (Lipinski definition) is 4.